The van der Waals surface area contributed by atoms with Crippen molar-refractivity contribution >= 4 is 10.8 Å². The lowest BCUT2D eigenvalue weighted by atomic mass is 9.81. The average Bonchev–Trinajstić information content (AvgIpc) is 2.71. The van der Waals surface area contributed by atoms with E-state index in [2.05, 4.69) is 74.5 Å². The highest BCUT2D eigenvalue weighted by atomic mass is 16.5. The SMILES string of the molecule is COC1(c2cccc(OCc3ccc4ccccc4c3)c2)CC(C)OC(C)C1. The quantitative estimate of drug-likeness (QED) is 0.559. The number of fused-ring (bicyclic) bond motifs is 1. The third kappa shape index (κ3) is 3.91. The molecule has 0 spiro atoms. The molecule has 3 heteroatoms. The number of hydrogen-bond donors (Lipinski definition) is 0. The molecule has 3 nitrogen and oxygen atoms in total. The minimum atomic E-state index is -0.320. The summed E-state index contributed by atoms with van der Waals surface area (Å²) in [4.78, 5) is 0. The first-order valence-electron chi connectivity index (χ1n) is 10.00. The average molecular weight is 376 g/mol. The number of ether oxygens (including phenoxy) is 3. The van der Waals surface area contributed by atoms with Gasteiger partial charge in [-0.3, -0.25) is 0 Å². The molecule has 2 atom stereocenters. The second kappa shape index (κ2) is 7.94. The van der Waals surface area contributed by atoms with Crippen molar-refractivity contribution in [2.45, 2.75) is 51.1 Å². The zero-order valence-electron chi connectivity index (χ0n) is 16.9. The minimum absolute atomic E-state index is 0.172. The fourth-order valence-electron chi connectivity index (χ4n) is 4.39. The van der Waals surface area contributed by atoms with Gasteiger partial charge in [-0.15, -0.1) is 0 Å². The molecule has 146 valence electrons. The van der Waals surface area contributed by atoms with E-state index in [9.17, 15) is 0 Å². The highest BCUT2D eigenvalue weighted by molar-refractivity contribution is 5.82. The second-order valence-electron chi connectivity index (χ2n) is 7.86. The lowest BCUT2D eigenvalue weighted by Gasteiger charge is -2.42. The Hall–Kier alpha value is -2.36. The van der Waals surface area contributed by atoms with Crippen LogP contribution >= 0.6 is 0 Å². The van der Waals surface area contributed by atoms with Crippen molar-refractivity contribution in [3.63, 3.8) is 0 Å². The summed E-state index contributed by atoms with van der Waals surface area (Å²) >= 11 is 0. The van der Waals surface area contributed by atoms with Gasteiger partial charge in [-0.2, -0.15) is 0 Å². The van der Waals surface area contributed by atoms with Crippen molar-refractivity contribution in [2.75, 3.05) is 7.11 Å². The van der Waals surface area contributed by atoms with Crippen LogP contribution in [-0.2, 0) is 21.7 Å². The third-order valence-corrected chi connectivity index (χ3v) is 5.67. The van der Waals surface area contributed by atoms with Gasteiger partial charge in [-0.25, -0.2) is 0 Å². The van der Waals surface area contributed by atoms with Gasteiger partial charge in [0.05, 0.1) is 17.8 Å². The topological polar surface area (TPSA) is 27.7 Å². The zero-order valence-corrected chi connectivity index (χ0v) is 16.9. The van der Waals surface area contributed by atoms with Gasteiger partial charge >= 0.3 is 0 Å². The predicted molar refractivity (Wildman–Crippen MR) is 113 cm³/mol. The highest BCUT2D eigenvalue weighted by Crippen LogP contribution is 2.41. The lowest BCUT2D eigenvalue weighted by molar-refractivity contribution is -0.152. The fraction of sp³-hybridized carbons (Fsp3) is 0.360. The second-order valence-corrected chi connectivity index (χ2v) is 7.86. The molecule has 3 aromatic rings. The van der Waals surface area contributed by atoms with E-state index in [0.29, 0.717) is 6.61 Å². The standard InChI is InChI=1S/C25H28O3/c1-18-15-25(26-3,16-19(2)28-18)23-9-6-10-24(14-23)27-17-20-11-12-21-7-4-5-8-22(21)13-20/h4-14,18-19H,15-17H2,1-3H3. The summed E-state index contributed by atoms with van der Waals surface area (Å²) in [6, 6.07) is 23.2. The van der Waals surface area contributed by atoms with Crippen LogP contribution in [0.3, 0.4) is 0 Å². The summed E-state index contributed by atoms with van der Waals surface area (Å²) in [6.45, 7) is 4.77. The van der Waals surface area contributed by atoms with Crippen molar-refractivity contribution in [3.05, 3.63) is 77.9 Å². The van der Waals surface area contributed by atoms with E-state index in [1.165, 1.54) is 16.3 Å². The molecule has 4 rings (SSSR count). The van der Waals surface area contributed by atoms with E-state index in [4.69, 9.17) is 14.2 Å². The Kier molecular flexibility index (Phi) is 5.38. The van der Waals surface area contributed by atoms with E-state index in [0.717, 1.165) is 24.2 Å². The van der Waals surface area contributed by atoms with E-state index < -0.39 is 0 Å². The molecule has 0 bridgehead atoms. The Morgan fingerprint density at radius 2 is 1.64 bits per heavy atom. The molecule has 1 saturated heterocycles. The van der Waals surface area contributed by atoms with Crippen molar-refractivity contribution in [2.24, 2.45) is 0 Å². The van der Waals surface area contributed by atoms with E-state index in [1.54, 1.807) is 7.11 Å². The largest absolute Gasteiger partial charge is 0.489 e. The summed E-state index contributed by atoms with van der Waals surface area (Å²) in [5.41, 5.74) is 2.01. The molecule has 0 aromatic heterocycles. The smallest absolute Gasteiger partial charge is 0.120 e. The van der Waals surface area contributed by atoms with Crippen molar-refractivity contribution in [3.8, 4) is 5.75 Å². The Bertz CT molecular complexity index is 939. The maximum atomic E-state index is 6.13. The van der Waals surface area contributed by atoms with Gasteiger partial charge in [0.15, 0.2) is 0 Å². The molecule has 28 heavy (non-hydrogen) atoms. The van der Waals surface area contributed by atoms with Crippen LogP contribution in [0, 0.1) is 0 Å². The minimum Gasteiger partial charge on any atom is -0.489 e. The van der Waals surface area contributed by atoms with Gasteiger partial charge in [-0.1, -0.05) is 48.5 Å². The van der Waals surface area contributed by atoms with Gasteiger partial charge in [0.25, 0.3) is 0 Å². The van der Waals surface area contributed by atoms with Crippen LogP contribution < -0.4 is 4.74 Å². The van der Waals surface area contributed by atoms with E-state index >= 15 is 0 Å². The van der Waals surface area contributed by atoms with Crippen LogP contribution in [0.2, 0.25) is 0 Å². The van der Waals surface area contributed by atoms with Crippen LogP contribution in [0.25, 0.3) is 10.8 Å². The molecule has 0 radical (unpaired) electrons. The molecular weight excluding hydrogens is 348 g/mol. The molecule has 1 aliphatic heterocycles. The molecule has 0 aliphatic carbocycles. The molecule has 1 heterocycles. The first-order chi connectivity index (χ1) is 13.6. The summed E-state index contributed by atoms with van der Waals surface area (Å²) in [5.74, 6) is 0.869. The van der Waals surface area contributed by atoms with Gasteiger partial charge in [-0.05, 0) is 53.9 Å². The molecular formula is C25H28O3. The first kappa shape index (κ1) is 19.0. The molecule has 0 N–H and O–H groups in total. The Morgan fingerprint density at radius 1 is 0.893 bits per heavy atom. The first-order valence-corrected chi connectivity index (χ1v) is 10.00. The van der Waals surface area contributed by atoms with Crippen LogP contribution in [0.15, 0.2) is 66.7 Å². The predicted octanol–water partition coefficient (Wildman–Crippen LogP) is 5.85. The van der Waals surface area contributed by atoms with E-state index in [-0.39, 0.29) is 17.8 Å². The monoisotopic (exact) mass is 376 g/mol. The molecule has 0 saturated carbocycles. The van der Waals surface area contributed by atoms with Crippen LogP contribution in [0.5, 0.6) is 5.75 Å². The Balaban J connectivity index is 1.53. The van der Waals surface area contributed by atoms with Gasteiger partial charge in [0.1, 0.15) is 12.4 Å². The van der Waals surface area contributed by atoms with Gasteiger partial charge in [0.2, 0.25) is 0 Å². The van der Waals surface area contributed by atoms with Crippen molar-refractivity contribution in [1.29, 1.82) is 0 Å². The third-order valence-electron chi connectivity index (χ3n) is 5.67. The maximum absolute atomic E-state index is 6.13. The summed E-state index contributed by atoms with van der Waals surface area (Å²) in [7, 11) is 1.80. The molecule has 3 aromatic carbocycles. The van der Waals surface area contributed by atoms with Crippen molar-refractivity contribution in [1.82, 2.24) is 0 Å². The summed E-state index contributed by atoms with van der Waals surface area (Å²) in [6.07, 6.45) is 2.04. The van der Waals surface area contributed by atoms with Crippen LogP contribution in [-0.4, -0.2) is 19.3 Å². The summed E-state index contributed by atoms with van der Waals surface area (Å²) < 4.78 is 18.1. The van der Waals surface area contributed by atoms with Crippen LogP contribution in [0.4, 0.5) is 0 Å². The zero-order chi connectivity index (χ0) is 19.6. The molecule has 1 aliphatic rings. The normalized spacial score (nSPS) is 25.0. The molecule has 2 unspecified atom stereocenters. The van der Waals surface area contributed by atoms with Gasteiger partial charge in [0, 0.05) is 20.0 Å². The number of hydrogen-bond acceptors (Lipinski definition) is 3. The van der Waals surface area contributed by atoms with Crippen LogP contribution in [0.1, 0.15) is 37.8 Å². The number of methoxy groups -OCH3 is 1. The Morgan fingerprint density at radius 3 is 2.39 bits per heavy atom. The number of benzene rings is 3. The van der Waals surface area contributed by atoms with E-state index in [1.807, 2.05) is 6.07 Å². The lowest BCUT2D eigenvalue weighted by Crippen LogP contribution is -2.42. The molecule has 1 fully saturated rings. The number of rotatable bonds is 5. The highest BCUT2D eigenvalue weighted by Gasteiger charge is 2.40. The summed E-state index contributed by atoms with van der Waals surface area (Å²) in [5, 5.41) is 2.49. The fourth-order valence-corrected chi connectivity index (χ4v) is 4.39. The Labute approximate surface area is 167 Å². The molecule has 0 amide bonds. The van der Waals surface area contributed by atoms with Crippen molar-refractivity contribution < 1.29 is 14.2 Å². The maximum Gasteiger partial charge on any atom is 0.120 e. The van der Waals surface area contributed by atoms with Gasteiger partial charge < -0.3 is 14.2 Å².